The average molecular weight is 475 g/mol. The molecular formula is C17H13ClF6N2O3S. The first kappa shape index (κ1) is 23.8. The summed E-state index contributed by atoms with van der Waals surface area (Å²) in [6.45, 7) is -1.02. The molecule has 30 heavy (non-hydrogen) atoms. The number of sulfonamides is 1. The van der Waals surface area contributed by atoms with E-state index in [-0.39, 0.29) is 10.7 Å². The lowest BCUT2D eigenvalue weighted by Crippen LogP contribution is -2.37. The van der Waals surface area contributed by atoms with Gasteiger partial charge >= 0.3 is 12.4 Å². The van der Waals surface area contributed by atoms with Gasteiger partial charge in [-0.1, -0.05) is 17.7 Å². The molecule has 164 valence electrons. The summed E-state index contributed by atoms with van der Waals surface area (Å²) >= 11 is 5.83. The van der Waals surface area contributed by atoms with Crippen molar-refractivity contribution in [3.8, 4) is 0 Å². The number of carbonyl (C=O) groups excluding carboxylic acids is 1. The van der Waals surface area contributed by atoms with Crippen LogP contribution in [0.1, 0.15) is 11.1 Å². The number of hydrogen-bond donors (Lipinski definition) is 1. The second-order valence-corrected chi connectivity index (χ2v) is 8.37. The average Bonchev–Trinajstić information content (AvgIpc) is 2.58. The Balaban J connectivity index is 2.34. The lowest BCUT2D eigenvalue weighted by Gasteiger charge is -2.24. The Morgan fingerprint density at radius 2 is 1.57 bits per heavy atom. The van der Waals surface area contributed by atoms with Gasteiger partial charge in [0, 0.05) is 5.69 Å². The van der Waals surface area contributed by atoms with E-state index in [2.05, 4.69) is 5.32 Å². The summed E-state index contributed by atoms with van der Waals surface area (Å²) in [6.07, 6.45) is -8.84. The Bertz CT molecular complexity index is 1050. The lowest BCUT2D eigenvalue weighted by molar-refractivity contribution is -0.138. The maximum atomic E-state index is 13.0. The number of halogens is 7. The van der Waals surface area contributed by atoms with Crippen LogP contribution in [0, 0.1) is 0 Å². The fourth-order valence-corrected chi connectivity index (χ4v) is 3.50. The van der Waals surface area contributed by atoms with E-state index in [1.165, 1.54) is 0 Å². The molecule has 0 spiro atoms. The van der Waals surface area contributed by atoms with Crippen molar-refractivity contribution in [2.24, 2.45) is 0 Å². The van der Waals surface area contributed by atoms with Gasteiger partial charge < -0.3 is 5.32 Å². The Morgan fingerprint density at radius 3 is 2.10 bits per heavy atom. The third kappa shape index (κ3) is 6.02. The van der Waals surface area contributed by atoms with Gasteiger partial charge in [-0.05, 0) is 36.4 Å². The molecule has 2 aromatic carbocycles. The van der Waals surface area contributed by atoms with Gasteiger partial charge in [0.1, 0.15) is 6.54 Å². The molecule has 0 aliphatic carbocycles. The highest BCUT2D eigenvalue weighted by Crippen LogP contribution is 2.36. The number of hydrogen-bond acceptors (Lipinski definition) is 3. The highest BCUT2D eigenvalue weighted by atomic mass is 35.5. The predicted molar refractivity (Wildman–Crippen MR) is 98.7 cm³/mol. The Labute approximate surface area is 172 Å². The van der Waals surface area contributed by atoms with Crippen LogP contribution in [-0.2, 0) is 27.2 Å². The molecule has 0 radical (unpaired) electrons. The van der Waals surface area contributed by atoms with Gasteiger partial charge in [-0.25, -0.2) is 8.42 Å². The van der Waals surface area contributed by atoms with E-state index in [1.54, 1.807) is 0 Å². The van der Waals surface area contributed by atoms with Gasteiger partial charge in [-0.3, -0.25) is 9.10 Å². The molecule has 0 unspecified atom stereocenters. The topological polar surface area (TPSA) is 66.5 Å². The standard InChI is InChI=1S/C17H13ClF6N2O3S/c1-30(28,29)26(14-8-11(17(22,23)24)5-6-13(14)18)9-15(27)25-12-4-2-3-10(7-12)16(19,20)21/h2-8H,9H2,1H3,(H,25,27). The molecule has 0 bridgehead atoms. The summed E-state index contributed by atoms with van der Waals surface area (Å²) in [5, 5.41) is 1.71. The van der Waals surface area contributed by atoms with E-state index in [0.29, 0.717) is 28.8 Å². The maximum Gasteiger partial charge on any atom is 0.416 e. The number of carbonyl (C=O) groups is 1. The largest absolute Gasteiger partial charge is 0.416 e. The number of benzene rings is 2. The van der Waals surface area contributed by atoms with Crippen molar-refractivity contribution in [3.05, 3.63) is 58.6 Å². The SMILES string of the molecule is CS(=O)(=O)N(CC(=O)Nc1cccc(C(F)(F)F)c1)c1cc(C(F)(F)F)ccc1Cl. The van der Waals surface area contributed by atoms with Gasteiger partial charge in [0.05, 0.1) is 28.1 Å². The van der Waals surface area contributed by atoms with Crippen molar-refractivity contribution in [1.82, 2.24) is 0 Å². The maximum absolute atomic E-state index is 13.0. The first-order valence-electron chi connectivity index (χ1n) is 7.90. The van der Waals surface area contributed by atoms with Crippen LogP contribution in [0.25, 0.3) is 0 Å². The Kier molecular flexibility index (Phi) is 6.62. The molecule has 0 saturated carbocycles. The van der Waals surface area contributed by atoms with Crippen LogP contribution >= 0.6 is 11.6 Å². The molecular weight excluding hydrogens is 462 g/mol. The van der Waals surface area contributed by atoms with Crippen LogP contribution in [0.2, 0.25) is 5.02 Å². The second kappa shape index (κ2) is 8.34. The molecule has 0 aliphatic heterocycles. The fourth-order valence-electron chi connectivity index (χ4n) is 2.37. The minimum Gasteiger partial charge on any atom is -0.325 e. The van der Waals surface area contributed by atoms with Crippen LogP contribution < -0.4 is 9.62 Å². The van der Waals surface area contributed by atoms with Crippen LogP contribution in [0.4, 0.5) is 37.7 Å². The summed E-state index contributed by atoms with van der Waals surface area (Å²) in [6, 6.07) is 5.46. The Morgan fingerprint density at radius 1 is 1.00 bits per heavy atom. The molecule has 0 heterocycles. The molecule has 0 atom stereocenters. The molecule has 0 aliphatic rings. The van der Waals surface area contributed by atoms with E-state index in [9.17, 15) is 39.6 Å². The molecule has 13 heteroatoms. The minimum absolute atomic E-state index is 0.279. The fraction of sp³-hybridized carbons (Fsp3) is 0.235. The highest BCUT2D eigenvalue weighted by molar-refractivity contribution is 7.92. The van der Waals surface area contributed by atoms with Gasteiger partial charge in [-0.15, -0.1) is 0 Å². The third-order valence-electron chi connectivity index (χ3n) is 3.70. The summed E-state index contributed by atoms with van der Waals surface area (Å²) in [5.41, 5.74) is -3.14. The number of nitrogens with zero attached hydrogens (tertiary/aromatic N) is 1. The number of rotatable bonds is 5. The zero-order valence-electron chi connectivity index (χ0n) is 15.0. The molecule has 1 N–H and O–H groups in total. The van der Waals surface area contributed by atoms with Crippen molar-refractivity contribution < 1.29 is 39.6 Å². The zero-order chi connectivity index (χ0) is 22.9. The van der Waals surface area contributed by atoms with Crippen molar-refractivity contribution in [3.63, 3.8) is 0 Å². The molecule has 2 aromatic rings. The van der Waals surface area contributed by atoms with E-state index in [0.717, 1.165) is 24.3 Å². The highest BCUT2D eigenvalue weighted by Gasteiger charge is 2.33. The molecule has 0 aromatic heterocycles. The van der Waals surface area contributed by atoms with Crippen molar-refractivity contribution >= 4 is 38.9 Å². The van der Waals surface area contributed by atoms with Gasteiger partial charge in [0.25, 0.3) is 0 Å². The molecule has 5 nitrogen and oxygen atoms in total. The molecule has 0 saturated heterocycles. The molecule has 0 fully saturated rings. The number of alkyl halides is 6. The van der Waals surface area contributed by atoms with Crippen LogP contribution in [0.15, 0.2) is 42.5 Å². The van der Waals surface area contributed by atoms with Crippen LogP contribution in [-0.4, -0.2) is 27.1 Å². The first-order valence-corrected chi connectivity index (χ1v) is 10.1. The smallest absolute Gasteiger partial charge is 0.325 e. The van der Waals surface area contributed by atoms with Crippen molar-refractivity contribution in [2.75, 3.05) is 22.4 Å². The normalized spacial score (nSPS) is 12.5. The van der Waals surface area contributed by atoms with Crippen LogP contribution in [0.3, 0.4) is 0 Å². The zero-order valence-corrected chi connectivity index (χ0v) is 16.5. The summed E-state index contributed by atoms with van der Waals surface area (Å²) in [5.74, 6) is -1.09. The molecule has 2 rings (SSSR count). The van der Waals surface area contributed by atoms with Gasteiger partial charge in [0.15, 0.2) is 0 Å². The first-order chi connectivity index (χ1) is 13.6. The monoisotopic (exact) mass is 474 g/mol. The van der Waals surface area contributed by atoms with E-state index >= 15 is 0 Å². The minimum atomic E-state index is -4.80. The van der Waals surface area contributed by atoms with Gasteiger partial charge in [-0.2, -0.15) is 26.3 Å². The summed E-state index contributed by atoms with van der Waals surface area (Å²) < 4.78 is 102. The molecule has 1 amide bonds. The van der Waals surface area contributed by atoms with E-state index in [1.807, 2.05) is 0 Å². The van der Waals surface area contributed by atoms with Gasteiger partial charge in [0.2, 0.25) is 15.9 Å². The van der Waals surface area contributed by atoms with Crippen molar-refractivity contribution in [1.29, 1.82) is 0 Å². The van der Waals surface area contributed by atoms with E-state index < -0.39 is 51.6 Å². The number of anilines is 2. The quantitative estimate of drug-likeness (QED) is 0.634. The number of nitrogens with one attached hydrogen (secondary N) is 1. The summed E-state index contributed by atoms with van der Waals surface area (Å²) in [4.78, 5) is 12.2. The van der Waals surface area contributed by atoms with E-state index in [4.69, 9.17) is 11.6 Å². The van der Waals surface area contributed by atoms with Crippen molar-refractivity contribution in [2.45, 2.75) is 12.4 Å². The Hall–Kier alpha value is -2.47. The summed E-state index contributed by atoms with van der Waals surface area (Å²) in [7, 11) is -4.28. The van der Waals surface area contributed by atoms with Crippen LogP contribution in [0.5, 0.6) is 0 Å². The third-order valence-corrected chi connectivity index (χ3v) is 5.15. The lowest BCUT2D eigenvalue weighted by atomic mass is 10.2. The predicted octanol–water partition coefficient (Wildman–Crippen LogP) is 4.78. The second-order valence-electron chi connectivity index (χ2n) is 6.06. The number of amides is 1.